The average Bonchev–Trinajstić information content (AvgIpc) is 2.38. The molecule has 0 aliphatic heterocycles. The van der Waals surface area contributed by atoms with Gasteiger partial charge in [0.2, 0.25) is 0 Å². The number of carbonyl (C=O) groups excluding carboxylic acids is 1. The Labute approximate surface area is 137 Å². The molecule has 0 atom stereocenters. The zero-order chi connectivity index (χ0) is 18.0. The Morgan fingerprint density at radius 3 is 1.86 bits per heavy atom. The number of carbonyl (C=O) groups is 2. The van der Waals surface area contributed by atoms with Gasteiger partial charge in [-0.05, 0) is 37.3 Å². The Balaban J connectivity index is -0.000000280. The van der Waals surface area contributed by atoms with Crippen molar-refractivity contribution >= 4 is 18.0 Å². The van der Waals surface area contributed by atoms with E-state index in [1.807, 2.05) is 13.8 Å². The minimum atomic E-state index is -0.833. The zero-order valence-electron chi connectivity index (χ0n) is 15.7. The highest BCUT2D eigenvalue weighted by molar-refractivity contribution is 5.77. The first-order valence-electron chi connectivity index (χ1n) is 8.36. The van der Waals surface area contributed by atoms with Crippen molar-refractivity contribution in [1.82, 2.24) is 0 Å². The Morgan fingerprint density at radius 1 is 1.09 bits per heavy atom. The lowest BCUT2D eigenvalue weighted by Crippen LogP contribution is -1.92. The quantitative estimate of drug-likeness (QED) is 0.640. The fourth-order valence-electron chi connectivity index (χ4n) is 1.16. The highest BCUT2D eigenvalue weighted by Crippen LogP contribution is 1.99. The molecule has 4 heteroatoms. The van der Waals surface area contributed by atoms with Crippen molar-refractivity contribution in [3.63, 3.8) is 0 Å². The molecular formula is C18H37NO3. The lowest BCUT2D eigenvalue weighted by Gasteiger charge is -1.99. The van der Waals surface area contributed by atoms with E-state index in [1.165, 1.54) is 6.42 Å². The summed E-state index contributed by atoms with van der Waals surface area (Å²) in [6.45, 7) is 14.9. The molecule has 0 saturated carbocycles. The van der Waals surface area contributed by atoms with Crippen LogP contribution in [0.3, 0.4) is 0 Å². The minimum Gasteiger partial charge on any atom is -0.481 e. The minimum absolute atomic E-state index is 0.377. The number of aliphatic imine (C=N–C) groups is 1. The molecule has 0 fully saturated rings. The van der Waals surface area contributed by atoms with E-state index in [0.29, 0.717) is 12.2 Å². The number of nitrogens with zero attached hydrogens (tertiary/aromatic N) is 1. The number of Topliss-reactive ketones (excluding diaryl/α,β-unsaturated/α-hetero) is 1. The second-order valence-corrected chi connectivity index (χ2v) is 6.06. The van der Waals surface area contributed by atoms with Gasteiger partial charge in [0.15, 0.2) is 0 Å². The standard InChI is InChI=1S/C10H21N.C6H12O.C2H4O2/c1-9(2)5-7-11-8-6-10(3)4;1-3-5-6(7)4-2;1-2(3)4/h7,9-10H,5-6,8H2,1-4H3;3-5H2,1-2H3;1H3,(H,3,4). The molecule has 0 aromatic carbocycles. The van der Waals surface area contributed by atoms with Gasteiger partial charge in [-0.2, -0.15) is 0 Å². The van der Waals surface area contributed by atoms with Crippen LogP contribution < -0.4 is 0 Å². The van der Waals surface area contributed by atoms with E-state index in [1.54, 1.807) is 0 Å². The fraction of sp³-hybridized carbons (Fsp3) is 0.833. The maximum atomic E-state index is 10.4. The van der Waals surface area contributed by atoms with Gasteiger partial charge in [-0.3, -0.25) is 14.6 Å². The molecular weight excluding hydrogens is 278 g/mol. The first-order chi connectivity index (χ1) is 10.2. The predicted molar refractivity (Wildman–Crippen MR) is 95.8 cm³/mol. The first kappa shape index (κ1) is 25.7. The van der Waals surface area contributed by atoms with Crippen LogP contribution in [-0.2, 0) is 9.59 Å². The SMILES string of the molecule is CC(=O)O.CC(C)CC=NCCC(C)C.CCCC(=O)CC. The maximum Gasteiger partial charge on any atom is 0.300 e. The van der Waals surface area contributed by atoms with Gasteiger partial charge in [0.1, 0.15) is 5.78 Å². The maximum absolute atomic E-state index is 10.4. The van der Waals surface area contributed by atoms with Crippen LogP contribution >= 0.6 is 0 Å². The molecule has 0 rings (SSSR count). The topological polar surface area (TPSA) is 66.7 Å². The lowest BCUT2D eigenvalue weighted by atomic mass is 10.1. The van der Waals surface area contributed by atoms with Crippen LogP contribution in [0.1, 0.15) is 80.6 Å². The second-order valence-electron chi connectivity index (χ2n) is 6.06. The highest BCUT2D eigenvalue weighted by atomic mass is 16.4. The third kappa shape index (κ3) is 42.8. The molecule has 0 aliphatic rings. The van der Waals surface area contributed by atoms with Crippen molar-refractivity contribution in [2.24, 2.45) is 16.8 Å². The summed E-state index contributed by atoms with van der Waals surface area (Å²) in [6, 6.07) is 0. The second kappa shape index (κ2) is 19.8. The molecule has 22 heavy (non-hydrogen) atoms. The monoisotopic (exact) mass is 315 g/mol. The summed E-state index contributed by atoms with van der Waals surface area (Å²) in [5.41, 5.74) is 0. The van der Waals surface area contributed by atoms with E-state index >= 15 is 0 Å². The normalized spacial score (nSPS) is 10.0. The summed E-state index contributed by atoms with van der Waals surface area (Å²) in [4.78, 5) is 23.7. The Kier molecular flexibility index (Phi) is 23.2. The summed E-state index contributed by atoms with van der Waals surface area (Å²) < 4.78 is 0. The average molecular weight is 315 g/mol. The number of hydrogen-bond donors (Lipinski definition) is 1. The van der Waals surface area contributed by atoms with E-state index < -0.39 is 5.97 Å². The number of hydrogen-bond acceptors (Lipinski definition) is 3. The molecule has 0 aromatic rings. The van der Waals surface area contributed by atoms with Crippen molar-refractivity contribution in [3.8, 4) is 0 Å². The van der Waals surface area contributed by atoms with Gasteiger partial charge in [-0.1, -0.05) is 41.5 Å². The van der Waals surface area contributed by atoms with Gasteiger partial charge >= 0.3 is 0 Å². The highest BCUT2D eigenvalue weighted by Gasteiger charge is 1.91. The van der Waals surface area contributed by atoms with E-state index in [9.17, 15) is 4.79 Å². The predicted octanol–water partition coefficient (Wildman–Crippen LogP) is 5.01. The van der Waals surface area contributed by atoms with Crippen molar-refractivity contribution in [3.05, 3.63) is 0 Å². The third-order valence-electron chi connectivity index (χ3n) is 2.46. The summed E-state index contributed by atoms with van der Waals surface area (Å²) >= 11 is 0. The zero-order valence-corrected chi connectivity index (χ0v) is 15.7. The van der Waals surface area contributed by atoms with Crippen LogP contribution in [0.25, 0.3) is 0 Å². The molecule has 4 nitrogen and oxygen atoms in total. The lowest BCUT2D eigenvalue weighted by molar-refractivity contribution is -0.134. The van der Waals surface area contributed by atoms with E-state index in [0.717, 1.165) is 44.6 Å². The molecule has 0 saturated heterocycles. The van der Waals surface area contributed by atoms with Crippen LogP contribution in [0, 0.1) is 11.8 Å². The van der Waals surface area contributed by atoms with Gasteiger partial charge < -0.3 is 5.11 Å². The summed E-state index contributed by atoms with van der Waals surface area (Å²) in [6.07, 6.45) is 6.86. The Morgan fingerprint density at radius 2 is 1.59 bits per heavy atom. The molecule has 132 valence electrons. The van der Waals surface area contributed by atoms with Crippen LogP contribution in [0.2, 0.25) is 0 Å². The molecule has 0 aromatic heterocycles. The molecule has 0 spiro atoms. The summed E-state index contributed by atoms with van der Waals surface area (Å²) in [7, 11) is 0. The number of aliphatic carboxylic acids is 1. The Hall–Kier alpha value is -1.19. The number of rotatable bonds is 8. The Bertz CT molecular complexity index is 280. The van der Waals surface area contributed by atoms with Gasteiger partial charge in [-0.15, -0.1) is 0 Å². The summed E-state index contributed by atoms with van der Waals surface area (Å²) in [5, 5.41) is 7.42. The van der Waals surface area contributed by atoms with Crippen molar-refractivity contribution in [1.29, 1.82) is 0 Å². The van der Waals surface area contributed by atoms with E-state index in [4.69, 9.17) is 9.90 Å². The number of carboxylic acid groups (broad SMARTS) is 1. The van der Waals surface area contributed by atoms with Crippen molar-refractivity contribution < 1.29 is 14.7 Å². The third-order valence-corrected chi connectivity index (χ3v) is 2.46. The fourth-order valence-corrected chi connectivity index (χ4v) is 1.16. The van der Waals surface area contributed by atoms with Crippen molar-refractivity contribution in [2.45, 2.75) is 80.6 Å². The molecule has 0 aliphatic carbocycles. The van der Waals surface area contributed by atoms with Gasteiger partial charge in [-0.25, -0.2) is 0 Å². The van der Waals surface area contributed by atoms with Crippen LogP contribution in [0.5, 0.6) is 0 Å². The summed E-state index contributed by atoms with van der Waals surface area (Å²) in [5.74, 6) is 1.08. The van der Waals surface area contributed by atoms with Gasteiger partial charge in [0, 0.05) is 26.3 Å². The molecule has 0 amide bonds. The van der Waals surface area contributed by atoms with Crippen LogP contribution in [0.15, 0.2) is 4.99 Å². The molecule has 0 radical (unpaired) electrons. The van der Waals surface area contributed by atoms with Gasteiger partial charge in [0.25, 0.3) is 5.97 Å². The number of carboxylic acids is 1. The van der Waals surface area contributed by atoms with Crippen LogP contribution in [-0.4, -0.2) is 29.6 Å². The molecule has 0 heterocycles. The number of ketones is 1. The smallest absolute Gasteiger partial charge is 0.300 e. The van der Waals surface area contributed by atoms with Gasteiger partial charge in [0.05, 0.1) is 0 Å². The molecule has 0 bridgehead atoms. The van der Waals surface area contributed by atoms with E-state index in [-0.39, 0.29) is 0 Å². The van der Waals surface area contributed by atoms with Crippen molar-refractivity contribution in [2.75, 3.05) is 6.54 Å². The largest absolute Gasteiger partial charge is 0.481 e. The van der Waals surface area contributed by atoms with Crippen LogP contribution in [0.4, 0.5) is 0 Å². The molecule has 1 N–H and O–H groups in total. The van der Waals surface area contributed by atoms with E-state index in [2.05, 4.69) is 38.9 Å². The first-order valence-corrected chi connectivity index (χ1v) is 8.36. The molecule has 0 unspecified atom stereocenters.